The van der Waals surface area contributed by atoms with Gasteiger partial charge in [-0.3, -0.25) is 28.8 Å². The minimum absolute atomic E-state index is 0.0444. The lowest BCUT2D eigenvalue weighted by molar-refractivity contribution is -0.142. The van der Waals surface area contributed by atoms with Crippen LogP contribution >= 0.6 is 11.8 Å². The van der Waals surface area contributed by atoms with Gasteiger partial charge in [-0.15, -0.1) is 0 Å². The molecule has 1 fully saturated rings. The number of imidazole rings is 2. The van der Waals surface area contributed by atoms with Crippen molar-refractivity contribution in [3.63, 3.8) is 0 Å². The average Bonchev–Trinajstić information content (AvgIpc) is 4.11. The molecular weight excluding hydrogens is 861 g/mol. The molecule has 0 unspecified atom stereocenters. The first-order valence-electron chi connectivity index (χ1n) is 21.8. The first kappa shape index (κ1) is 51.8. The van der Waals surface area contributed by atoms with Crippen LogP contribution in [0.15, 0.2) is 55.4 Å². The van der Waals surface area contributed by atoms with Crippen molar-refractivity contribution < 1.29 is 43.8 Å². The van der Waals surface area contributed by atoms with Gasteiger partial charge in [0.1, 0.15) is 30.2 Å². The molecule has 1 aliphatic heterocycles. The molecule has 0 aliphatic carbocycles. The Labute approximate surface area is 382 Å². The molecule has 1 aliphatic rings. The number of rotatable bonds is 28. The van der Waals surface area contributed by atoms with Crippen molar-refractivity contribution in [2.45, 2.75) is 114 Å². The topological polar surface area (TPSA) is 314 Å². The molecule has 21 nitrogen and oxygen atoms in total. The van der Waals surface area contributed by atoms with E-state index in [1.807, 2.05) is 50.4 Å². The maximum Gasteiger partial charge on any atom is 0.326 e. The Kier molecular flexibility index (Phi) is 21.4. The Morgan fingerprint density at radius 1 is 0.738 bits per heavy atom. The number of aliphatic carboxylic acids is 1. The highest BCUT2D eigenvalue weighted by atomic mass is 32.2. The Morgan fingerprint density at radius 2 is 1.34 bits per heavy atom. The molecule has 0 bridgehead atoms. The van der Waals surface area contributed by atoms with E-state index in [-0.39, 0.29) is 37.6 Å². The van der Waals surface area contributed by atoms with E-state index in [2.05, 4.69) is 62.5 Å². The van der Waals surface area contributed by atoms with Crippen LogP contribution in [0.5, 0.6) is 0 Å². The number of H-pyrrole nitrogens is 2. The maximum absolute atomic E-state index is 13.9. The molecule has 4 rings (SSSR count). The van der Waals surface area contributed by atoms with E-state index in [1.54, 1.807) is 0 Å². The van der Waals surface area contributed by atoms with Gasteiger partial charge >= 0.3 is 5.97 Å². The summed E-state index contributed by atoms with van der Waals surface area (Å²) in [4.78, 5) is 107. The molecule has 6 amide bonds. The zero-order chi connectivity index (χ0) is 47.3. The van der Waals surface area contributed by atoms with Gasteiger partial charge < -0.3 is 62.7 Å². The number of thioether (sulfide) groups is 1. The summed E-state index contributed by atoms with van der Waals surface area (Å²) in [6.45, 7) is 5.12. The fourth-order valence-electron chi connectivity index (χ4n) is 7.16. The van der Waals surface area contributed by atoms with Crippen LogP contribution < -0.4 is 42.5 Å². The number of carboxylic acids is 1. The molecule has 22 heteroatoms. The standard InChI is InChI=1S/C43H64N12O9S/c1-25(2)15-33(52-41(61)34(17-28-19-44-23-48-28)53-39(59)31-11-8-13-46-31)40(60)55-36(22-56)42(62)51-30(16-27-9-6-5-7-10-27)21-47-32(12-14-65-4)38(58)50-26(3)37(57)54-35(43(63)64)18-29-20-45-24-49-29/h5-7,9-10,19-20,23-26,30-36,46-47,56H,8,11-18,21-22H2,1-4H3,(H,44,48)(H,45,49)(H,50,58)(H,51,62)(H,52,61)(H,53,59)(H,54,57)(H,55,60)(H,63,64)/t26-,30-,31-,32-,33-,34-,35-,36-/m0/s1. The highest BCUT2D eigenvalue weighted by Crippen LogP contribution is 2.11. The van der Waals surface area contributed by atoms with Gasteiger partial charge in [-0.05, 0) is 69.1 Å². The van der Waals surface area contributed by atoms with Gasteiger partial charge in [-0.25, -0.2) is 14.8 Å². The van der Waals surface area contributed by atoms with Gasteiger partial charge in [0.25, 0.3) is 0 Å². The fourth-order valence-corrected chi connectivity index (χ4v) is 7.63. The molecular formula is C43H64N12O9S. The summed E-state index contributed by atoms with van der Waals surface area (Å²) in [6.07, 6.45) is 10.0. The van der Waals surface area contributed by atoms with Crippen LogP contribution in [-0.2, 0) is 52.8 Å². The second-order valence-corrected chi connectivity index (χ2v) is 17.5. The third-order valence-corrected chi connectivity index (χ3v) is 11.3. The number of aliphatic hydroxyl groups excluding tert-OH is 1. The van der Waals surface area contributed by atoms with E-state index in [1.165, 1.54) is 43.7 Å². The zero-order valence-electron chi connectivity index (χ0n) is 37.2. The van der Waals surface area contributed by atoms with Crippen molar-refractivity contribution >= 4 is 53.2 Å². The second-order valence-electron chi connectivity index (χ2n) is 16.5. The minimum atomic E-state index is -1.43. The lowest BCUT2D eigenvalue weighted by atomic mass is 10.0. The molecule has 0 saturated carbocycles. The fraction of sp³-hybridized carbons (Fsp3) is 0.558. The van der Waals surface area contributed by atoms with Crippen LogP contribution in [0.2, 0.25) is 0 Å². The predicted molar refractivity (Wildman–Crippen MR) is 242 cm³/mol. The first-order chi connectivity index (χ1) is 31.2. The minimum Gasteiger partial charge on any atom is -0.480 e. The Hall–Kier alpha value is -5.84. The molecule has 1 aromatic carbocycles. The molecule has 3 heterocycles. The van der Waals surface area contributed by atoms with Gasteiger partial charge in [0, 0.05) is 49.2 Å². The number of amides is 6. The molecule has 8 atom stereocenters. The van der Waals surface area contributed by atoms with E-state index in [0.717, 1.165) is 12.0 Å². The van der Waals surface area contributed by atoms with Crippen molar-refractivity contribution in [3.05, 3.63) is 72.3 Å². The van der Waals surface area contributed by atoms with E-state index in [9.17, 15) is 43.8 Å². The van der Waals surface area contributed by atoms with Crippen LogP contribution in [0, 0.1) is 5.92 Å². The van der Waals surface area contributed by atoms with Gasteiger partial charge in [-0.2, -0.15) is 11.8 Å². The molecule has 12 N–H and O–H groups in total. The molecule has 0 radical (unpaired) electrons. The highest BCUT2D eigenvalue weighted by Gasteiger charge is 2.33. The Morgan fingerprint density at radius 3 is 1.91 bits per heavy atom. The molecule has 1 saturated heterocycles. The number of carbonyl (C=O) groups excluding carboxylic acids is 6. The molecule has 65 heavy (non-hydrogen) atoms. The summed E-state index contributed by atoms with van der Waals surface area (Å²) >= 11 is 1.50. The number of hydrogen-bond donors (Lipinski definition) is 12. The molecule has 0 spiro atoms. The summed E-state index contributed by atoms with van der Waals surface area (Å²) in [5.41, 5.74) is 1.95. The van der Waals surface area contributed by atoms with E-state index < -0.39 is 90.4 Å². The Bertz CT molecular complexity index is 1970. The van der Waals surface area contributed by atoms with Gasteiger partial charge in [0.2, 0.25) is 35.4 Å². The smallest absolute Gasteiger partial charge is 0.326 e. The summed E-state index contributed by atoms with van der Waals surface area (Å²) in [6, 6.07) is 1.29. The number of nitrogens with one attached hydrogen (secondary N) is 10. The van der Waals surface area contributed by atoms with Gasteiger partial charge in [0.05, 0.1) is 31.3 Å². The van der Waals surface area contributed by atoms with E-state index in [0.29, 0.717) is 42.9 Å². The van der Waals surface area contributed by atoms with Crippen LogP contribution in [0.1, 0.15) is 63.4 Å². The van der Waals surface area contributed by atoms with Crippen molar-refractivity contribution in [1.29, 1.82) is 0 Å². The summed E-state index contributed by atoms with van der Waals surface area (Å²) < 4.78 is 0. The highest BCUT2D eigenvalue weighted by molar-refractivity contribution is 7.98. The van der Waals surface area contributed by atoms with E-state index in [4.69, 9.17) is 0 Å². The summed E-state index contributed by atoms with van der Waals surface area (Å²) in [5.74, 6) is -4.39. The number of nitrogens with zero attached hydrogens (tertiary/aromatic N) is 2. The maximum atomic E-state index is 13.9. The third kappa shape index (κ3) is 17.6. The molecule has 3 aromatic rings. The van der Waals surface area contributed by atoms with Crippen molar-refractivity contribution in [3.8, 4) is 0 Å². The quantitative estimate of drug-likeness (QED) is 0.0402. The van der Waals surface area contributed by atoms with Crippen molar-refractivity contribution in [2.24, 2.45) is 5.92 Å². The zero-order valence-corrected chi connectivity index (χ0v) is 38.0. The molecule has 2 aromatic heterocycles. The number of hydrogen-bond acceptors (Lipinski definition) is 13. The van der Waals surface area contributed by atoms with Gasteiger partial charge in [0.15, 0.2) is 0 Å². The van der Waals surface area contributed by atoms with E-state index >= 15 is 0 Å². The molecule has 356 valence electrons. The van der Waals surface area contributed by atoms with Crippen LogP contribution in [0.4, 0.5) is 0 Å². The SMILES string of the molecule is CSCC[C@H](NC[C@H](Cc1ccccc1)NC(=O)[C@H](CO)NC(=O)[C@H](CC(C)C)NC(=O)[C@H](Cc1cnc[nH]1)NC(=O)[C@@H]1CCCN1)C(=O)N[C@@H](C)C(=O)N[C@@H](Cc1cnc[nH]1)C(=O)O. The first-order valence-corrected chi connectivity index (χ1v) is 23.2. The summed E-state index contributed by atoms with van der Waals surface area (Å²) in [5, 5.41) is 42.7. The van der Waals surface area contributed by atoms with Gasteiger partial charge in [-0.1, -0.05) is 44.2 Å². The Balaban J connectivity index is 1.43. The lowest BCUT2D eigenvalue weighted by Crippen LogP contribution is -2.60. The number of benzene rings is 1. The number of aliphatic hydroxyl groups is 1. The number of carboxylic acid groups (broad SMARTS) is 1. The number of aromatic amines is 2. The summed E-state index contributed by atoms with van der Waals surface area (Å²) in [7, 11) is 0. The van der Waals surface area contributed by atoms with Crippen molar-refractivity contribution in [1.82, 2.24) is 62.5 Å². The number of carbonyl (C=O) groups is 7. The number of aromatic nitrogens is 4. The van der Waals surface area contributed by atoms with Crippen molar-refractivity contribution in [2.75, 3.05) is 31.7 Å². The predicted octanol–water partition coefficient (Wildman–Crippen LogP) is -1.32. The monoisotopic (exact) mass is 924 g/mol. The average molecular weight is 925 g/mol. The van der Waals surface area contributed by atoms with Crippen LogP contribution in [-0.4, -0.2) is 152 Å². The second kappa shape index (κ2) is 26.8. The normalized spacial score (nSPS) is 16.8. The lowest BCUT2D eigenvalue weighted by Gasteiger charge is -2.28. The van der Waals surface area contributed by atoms with Crippen LogP contribution in [0.25, 0.3) is 0 Å². The van der Waals surface area contributed by atoms with Crippen LogP contribution in [0.3, 0.4) is 0 Å². The third-order valence-electron chi connectivity index (χ3n) is 10.7. The largest absolute Gasteiger partial charge is 0.480 e.